The third-order valence-electron chi connectivity index (χ3n) is 6.46. The van der Waals surface area contributed by atoms with Crippen molar-refractivity contribution in [2.75, 3.05) is 19.0 Å². The fraction of sp³-hybridized carbons (Fsp3) is 0.138. The van der Waals surface area contributed by atoms with Gasteiger partial charge in [0.15, 0.2) is 5.96 Å². The van der Waals surface area contributed by atoms with Gasteiger partial charge in [-0.25, -0.2) is 0 Å². The molecule has 0 spiro atoms. The van der Waals surface area contributed by atoms with Crippen LogP contribution in [0.25, 0.3) is 22.9 Å². The Morgan fingerprint density at radius 2 is 1.41 bits per heavy atom. The van der Waals surface area contributed by atoms with E-state index in [4.69, 9.17) is 5.41 Å². The summed E-state index contributed by atoms with van der Waals surface area (Å²) in [6.45, 7) is 0. The minimum atomic E-state index is 0.0620. The Morgan fingerprint density at radius 3 is 2.12 bits per heavy atom. The Hall–Kier alpha value is -3.85. The average Bonchev–Trinajstić information content (AvgIpc) is 3.27. The molecule has 0 aliphatic heterocycles. The van der Waals surface area contributed by atoms with Crippen molar-refractivity contribution in [1.82, 2.24) is 4.90 Å². The van der Waals surface area contributed by atoms with Crippen LogP contribution in [0.4, 0.5) is 5.69 Å². The molecule has 3 nitrogen and oxygen atoms in total. The molecule has 0 radical (unpaired) electrons. The van der Waals surface area contributed by atoms with Gasteiger partial charge < -0.3 is 9.80 Å². The van der Waals surface area contributed by atoms with Crippen molar-refractivity contribution >= 4 is 34.6 Å². The Balaban J connectivity index is 1.49. The van der Waals surface area contributed by atoms with E-state index in [-0.39, 0.29) is 6.04 Å². The first kappa shape index (κ1) is 20.1. The summed E-state index contributed by atoms with van der Waals surface area (Å²) in [5, 5.41) is 11.6. The molecule has 158 valence electrons. The average molecular weight is 418 g/mol. The highest BCUT2D eigenvalue weighted by Crippen LogP contribution is 2.37. The maximum absolute atomic E-state index is 9.12. The molecular formula is C29H27N3. The zero-order chi connectivity index (χ0) is 22.1. The molecule has 0 heterocycles. The summed E-state index contributed by atoms with van der Waals surface area (Å²) in [5.74, 6) is 0.474. The number of nitrogens with one attached hydrogen (secondary N) is 1. The maximum Gasteiger partial charge on any atom is 0.198 e. The zero-order valence-electron chi connectivity index (χ0n) is 18.5. The number of likely N-dealkylation sites (N-methyl/N-ethyl adjacent to an activating group) is 1. The Kier molecular flexibility index (Phi) is 5.24. The highest BCUT2D eigenvalue weighted by atomic mass is 15.4. The van der Waals surface area contributed by atoms with Gasteiger partial charge in [0.2, 0.25) is 0 Å². The molecule has 4 aromatic carbocycles. The van der Waals surface area contributed by atoms with Crippen molar-refractivity contribution < 1.29 is 0 Å². The quantitative estimate of drug-likeness (QED) is 0.258. The number of hydrogen-bond donors (Lipinski definition) is 1. The lowest BCUT2D eigenvalue weighted by Gasteiger charge is -2.35. The van der Waals surface area contributed by atoms with Gasteiger partial charge in [-0.15, -0.1) is 0 Å². The molecule has 0 fully saturated rings. The van der Waals surface area contributed by atoms with Crippen LogP contribution in [-0.2, 0) is 6.42 Å². The van der Waals surface area contributed by atoms with Crippen LogP contribution < -0.4 is 4.90 Å². The molecule has 5 rings (SSSR count). The fourth-order valence-corrected chi connectivity index (χ4v) is 4.69. The Morgan fingerprint density at radius 1 is 0.750 bits per heavy atom. The number of guanidine groups is 1. The monoisotopic (exact) mass is 417 g/mol. The minimum absolute atomic E-state index is 0.0620. The van der Waals surface area contributed by atoms with Crippen LogP contribution in [0.1, 0.15) is 28.3 Å². The largest absolute Gasteiger partial charge is 0.338 e. The van der Waals surface area contributed by atoms with E-state index in [0.29, 0.717) is 5.96 Å². The van der Waals surface area contributed by atoms with Crippen LogP contribution >= 0.6 is 0 Å². The minimum Gasteiger partial charge on any atom is -0.338 e. The highest BCUT2D eigenvalue weighted by Gasteiger charge is 2.24. The van der Waals surface area contributed by atoms with Crippen LogP contribution in [0, 0.1) is 5.41 Å². The molecule has 3 heteroatoms. The second kappa shape index (κ2) is 8.35. The van der Waals surface area contributed by atoms with Gasteiger partial charge >= 0.3 is 0 Å². The van der Waals surface area contributed by atoms with Crippen LogP contribution in [0.2, 0.25) is 0 Å². The van der Waals surface area contributed by atoms with Crippen molar-refractivity contribution in [3.63, 3.8) is 0 Å². The summed E-state index contributed by atoms with van der Waals surface area (Å²) in [5.41, 5.74) is 6.03. The second-order valence-electron chi connectivity index (χ2n) is 8.39. The summed E-state index contributed by atoms with van der Waals surface area (Å²) >= 11 is 0. The highest BCUT2D eigenvalue weighted by molar-refractivity contribution is 6.12. The van der Waals surface area contributed by atoms with E-state index in [1.54, 1.807) is 0 Å². The molecule has 0 aromatic heterocycles. The van der Waals surface area contributed by atoms with Gasteiger partial charge in [0.05, 0.1) is 11.7 Å². The van der Waals surface area contributed by atoms with Gasteiger partial charge in [-0.3, -0.25) is 5.41 Å². The number of rotatable bonds is 5. The summed E-state index contributed by atoms with van der Waals surface area (Å²) < 4.78 is 0. The van der Waals surface area contributed by atoms with Crippen molar-refractivity contribution in [2.24, 2.45) is 0 Å². The smallest absolute Gasteiger partial charge is 0.198 e. The predicted molar refractivity (Wildman–Crippen MR) is 136 cm³/mol. The fourth-order valence-electron chi connectivity index (χ4n) is 4.69. The number of hydrogen-bond acceptors (Lipinski definition) is 1. The molecule has 1 aliphatic carbocycles. The normalized spacial score (nSPS) is 12.7. The van der Waals surface area contributed by atoms with Crippen LogP contribution in [0.15, 0.2) is 91.0 Å². The number of anilines is 1. The third-order valence-corrected chi connectivity index (χ3v) is 6.46. The lowest BCUT2D eigenvalue weighted by Crippen LogP contribution is -2.42. The van der Waals surface area contributed by atoms with Crippen LogP contribution in [0.3, 0.4) is 0 Å². The standard InChI is InChI=1S/C29H27N3/c1-31(26-19-18-24-17-16-23-14-9-15-25(26)28(23)24)29(30)32(2)27(22-12-7-4-8-13-22)20-21-10-5-3-6-11-21/h3-19,27,30H,20H2,1-2H3. The van der Waals surface area contributed by atoms with E-state index >= 15 is 0 Å². The molecule has 1 aliphatic rings. The zero-order valence-corrected chi connectivity index (χ0v) is 18.5. The van der Waals surface area contributed by atoms with Crippen molar-refractivity contribution in [2.45, 2.75) is 12.5 Å². The molecule has 1 unspecified atom stereocenters. The van der Waals surface area contributed by atoms with Gasteiger partial charge in [-0.2, -0.15) is 0 Å². The molecular weight excluding hydrogens is 390 g/mol. The van der Waals surface area contributed by atoms with Crippen LogP contribution in [0.5, 0.6) is 0 Å². The molecule has 0 saturated carbocycles. The van der Waals surface area contributed by atoms with E-state index in [9.17, 15) is 0 Å². The summed E-state index contributed by atoms with van der Waals surface area (Å²) in [7, 11) is 4.02. The SMILES string of the molecule is CN(C(=N)N(C)C(Cc1ccccc1)c1ccccc1)c1ccc2c3c(cccc13)C=C2. The molecule has 0 saturated heterocycles. The van der Waals surface area contributed by atoms with Gasteiger partial charge in [-0.05, 0) is 40.1 Å². The second-order valence-corrected chi connectivity index (χ2v) is 8.39. The molecule has 0 amide bonds. The van der Waals surface area contributed by atoms with Crippen molar-refractivity contribution in [1.29, 1.82) is 5.41 Å². The first-order valence-corrected chi connectivity index (χ1v) is 11.0. The summed E-state index contributed by atoms with van der Waals surface area (Å²) in [6.07, 6.45) is 5.18. The Bertz CT molecular complexity index is 1280. The Labute approximate surface area is 189 Å². The van der Waals surface area contributed by atoms with Crippen molar-refractivity contribution in [3.05, 3.63) is 113 Å². The van der Waals surface area contributed by atoms with Gasteiger partial charge in [0.25, 0.3) is 0 Å². The van der Waals surface area contributed by atoms with Crippen molar-refractivity contribution in [3.8, 4) is 0 Å². The summed E-state index contributed by atoms with van der Waals surface area (Å²) in [6, 6.07) is 31.8. The molecule has 0 bridgehead atoms. The molecule has 4 aromatic rings. The van der Waals surface area contributed by atoms with Gasteiger partial charge in [0.1, 0.15) is 0 Å². The van der Waals surface area contributed by atoms with E-state index in [1.807, 2.05) is 31.1 Å². The lowest BCUT2D eigenvalue weighted by molar-refractivity contribution is 0.364. The summed E-state index contributed by atoms with van der Waals surface area (Å²) in [4.78, 5) is 4.09. The maximum atomic E-state index is 9.12. The van der Waals surface area contributed by atoms with E-state index in [0.717, 1.165) is 12.1 Å². The predicted octanol–water partition coefficient (Wildman–Crippen LogP) is 6.61. The van der Waals surface area contributed by atoms with Crippen LogP contribution in [-0.4, -0.2) is 25.0 Å². The van der Waals surface area contributed by atoms with E-state index in [1.165, 1.54) is 33.0 Å². The van der Waals surface area contributed by atoms with E-state index < -0.39 is 0 Å². The number of benzene rings is 4. The first-order valence-electron chi connectivity index (χ1n) is 11.0. The molecule has 1 N–H and O–H groups in total. The first-order chi connectivity index (χ1) is 15.6. The molecule has 32 heavy (non-hydrogen) atoms. The van der Waals surface area contributed by atoms with E-state index in [2.05, 4.69) is 95.9 Å². The van der Waals surface area contributed by atoms with Gasteiger partial charge in [-0.1, -0.05) is 97.1 Å². The molecule has 1 atom stereocenters. The number of nitrogens with zero attached hydrogens (tertiary/aromatic N) is 2. The third kappa shape index (κ3) is 3.56. The lowest BCUT2D eigenvalue weighted by atomic mass is 9.97. The van der Waals surface area contributed by atoms with Gasteiger partial charge in [0, 0.05) is 19.5 Å². The topological polar surface area (TPSA) is 30.3 Å².